The molecule has 39 heavy (non-hydrogen) atoms. The Balaban J connectivity index is 1.49. The van der Waals surface area contributed by atoms with Crippen LogP contribution < -0.4 is 0 Å². The standard InChI is InChI=1S/C33H49F3N2O/c1-3-5-7-8-9-10-13-17-28-20-19-27-24-30(38-32(34)31(27)33(28,35)36)29-21-18-26(25-37-29)16-12-11-15-23-39-22-14-6-4-2/h18,21,24-25,28H,3-17,19-20,22-23H2,1-2H3. The van der Waals surface area contributed by atoms with Crippen LogP contribution >= 0.6 is 0 Å². The summed E-state index contributed by atoms with van der Waals surface area (Å²) in [5.41, 5.74) is 1.85. The number of unbranched alkanes of at least 4 members (excludes halogenated alkanes) is 10. The molecule has 1 atom stereocenters. The summed E-state index contributed by atoms with van der Waals surface area (Å²) in [7, 11) is 0. The second-order valence-corrected chi connectivity index (χ2v) is 11.3. The third-order valence-electron chi connectivity index (χ3n) is 8.05. The summed E-state index contributed by atoms with van der Waals surface area (Å²) >= 11 is 0. The van der Waals surface area contributed by atoms with Gasteiger partial charge in [-0.3, -0.25) is 4.98 Å². The van der Waals surface area contributed by atoms with Crippen molar-refractivity contribution in [3.63, 3.8) is 0 Å². The number of rotatable bonds is 19. The maximum atomic E-state index is 15.3. The Morgan fingerprint density at radius 2 is 1.51 bits per heavy atom. The summed E-state index contributed by atoms with van der Waals surface area (Å²) in [5, 5.41) is 0. The molecule has 3 rings (SSSR count). The van der Waals surface area contributed by atoms with Gasteiger partial charge in [0, 0.05) is 25.3 Å². The van der Waals surface area contributed by atoms with Crippen LogP contribution in [0.25, 0.3) is 11.4 Å². The molecule has 0 aromatic carbocycles. The van der Waals surface area contributed by atoms with Gasteiger partial charge in [-0.25, -0.2) is 13.8 Å². The second kappa shape index (κ2) is 17.0. The van der Waals surface area contributed by atoms with Crippen molar-refractivity contribution in [3.8, 4) is 11.4 Å². The van der Waals surface area contributed by atoms with Crippen LogP contribution in [0.2, 0.25) is 0 Å². The molecule has 0 N–H and O–H groups in total. The van der Waals surface area contributed by atoms with Gasteiger partial charge in [-0.2, -0.15) is 4.39 Å². The lowest BCUT2D eigenvalue weighted by Crippen LogP contribution is -2.33. The Bertz CT molecular complexity index is 964. The summed E-state index contributed by atoms with van der Waals surface area (Å²) in [6.07, 6.45) is 18.4. The minimum atomic E-state index is -3.18. The average Bonchev–Trinajstić information content (AvgIpc) is 2.92. The molecule has 2 aromatic rings. The van der Waals surface area contributed by atoms with E-state index in [4.69, 9.17) is 4.74 Å². The summed E-state index contributed by atoms with van der Waals surface area (Å²) in [4.78, 5) is 8.44. The third kappa shape index (κ3) is 9.88. The first-order valence-corrected chi connectivity index (χ1v) is 15.6. The predicted octanol–water partition coefficient (Wildman–Crippen LogP) is 10.00. The lowest BCUT2D eigenvalue weighted by molar-refractivity contribution is -0.0824. The molecule has 0 spiro atoms. The van der Waals surface area contributed by atoms with Crippen molar-refractivity contribution in [3.05, 3.63) is 47.0 Å². The molecule has 0 amide bonds. The van der Waals surface area contributed by atoms with E-state index in [1.807, 2.05) is 12.1 Å². The van der Waals surface area contributed by atoms with Crippen LogP contribution in [0.1, 0.15) is 127 Å². The Morgan fingerprint density at radius 1 is 0.846 bits per heavy atom. The number of aryl methyl sites for hydroxylation is 2. The van der Waals surface area contributed by atoms with Crippen LogP contribution in [0.5, 0.6) is 0 Å². The van der Waals surface area contributed by atoms with E-state index in [-0.39, 0.29) is 0 Å². The van der Waals surface area contributed by atoms with Gasteiger partial charge in [-0.15, -0.1) is 0 Å². The highest BCUT2D eigenvalue weighted by atomic mass is 19.3. The third-order valence-corrected chi connectivity index (χ3v) is 8.05. The van der Waals surface area contributed by atoms with Gasteiger partial charge < -0.3 is 4.74 Å². The zero-order chi connectivity index (χ0) is 27.9. The van der Waals surface area contributed by atoms with Gasteiger partial charge in [0.2, 0.25) is 5.95 Å². The van der Waals surface area contributed by atoms with E-state index in [0.29, 0.717) is 36.2 Å². The van der Waals surface area contributed by atoms with Gasteiger partial charge in [0.25, 0.3) is 5.92 Å². The minimum absolute atomic E-state index is 0.333. The van der Waals surface area contributed by atoms with Crippen LogP contribution in [0.15, 0.2) is 24.4 Å². The number of ether oxygens (including phenoxy) is 1. The molecule has 6 heteroatoms. The van der Waals surface area contributed by atoms with Crippen molar-refractivity contribution in [1.82, 2.24) is 9.97 Å². The van der Waals surface area contributed by atoms with E-state index in [1.54, 1.807) is 12.3 Å². The second-order valence-electron chi connectivity index (χ2n) is 11.3. The molecule has 218 valence electrons. The van der Waals surface area contributed by atoms with Gasteiger partial charge in [0.1, 0.15) is 0 Å². The Labute approximate surface area is 234 Å². The van der Waals surface area contributed by atoms with E-state index in [2.05, 4.69) is 23.8 Å². The highest BCUT2D eigenvalue weighted by Crippen LogP contribution is 2.47. The van der Waals surface area contributed by atoms with Crippen LogP contribution in [0, 0.1) is 11.9 Å². The number of pyridine rings is 2. The topological polar surface area (TPSA) is 35.0 Å². The van der Waals surface area contributed by atoms with Crippen molar-refractivity contribution in [2.45, 2.75) is 129 Å². The molecule has 2 aromatic heterocycles. The average molecular weight is 547 g/mol. The summed E-state index contributed by atoms with van der Waals surface area (Å²) in [6.45, 7) is 6.04. The number of fused-ring (bicyclic) bond motifs is 1. The van der Waals surface area contributed by atoms with Crippen molar-refractivity contribution in [2.75, 3.05) is 13.2 Å². The molecule has 3 nitrogen and oxygen atoms in total. The fourth-order valence-corrected chi connectivity index (χ4v) is 5.62. The largest absolute Gasteiger partial charge is 0.381 e. The van der Waals surface area contributed by atoms with Crippen molar-refractivity contribution < 1.29 is 17.9 Å². The van der Waals surface area contributed by atoms with E-state index in [1.165, 1.54) is 38.5 Å². The SMILES string of the molecule is CCCCCCCCCC1CCc2cc(-c3ccc(CCCCCOCCCCC)cn3)nc(F)c2C1(F)F. The Hall–Kier alpha value is -1.95. The molecule has 0 bridgehead atoms. The molecule has 0 fully saturated rings. The maximum absolute atomic E-state index is 15.3. The van der Waals surface area contributed by atoms with E-state index in [0.717, 1.165) is 70.1 Å². The molecule has 1 aliphatic carbocycles. The summed E-state index contributed by atoms with van der Waals surface area (Å²) < 4.78 is 51.4. The van der Waals surface area contributed by atoms with E-state index in [9.17, 15) is 0 Å². The van der Waals surface area contributed by atoms with Gasteiger partial charge in [0.15, 0.2) is 0 Å². The van der Waals surface area contributed by atoms with Gasteiger partial charge in [0.05, 0.1) is 17.0 Å². The van der Waals surface area contributed by atoms with Crippen LogP contribution in [-0.4, -0.2) is 23.2 Å². The molecular formula is C33H49F3N2O. The lowest BCUT2D eigenvalue weighted by atomic mass is 9.78. The van der Waals surface area contributed by atoms with Crippen LogP contribution in [0.4, 0.5) is 13.2 Å². The smallest absolute Gasteiger partial charge is 0.280 e. The number of halogens is 3. The highest BCUT2D eigenvalue weighted by molar-refractivity contribution is 5.57. The molecule has 0 aliphatic heterocycles. The van der Waals surface area contributed by atoms with Crippen LogP contribution in [-0.2, 0) is 23.5 Å². The molecule has 0 saturated carbocycles. The fraction of sp³-hybridized carbons (Fsp3) is 0.697. The number of hydrogen-bond donors (Lipinski definition) is 0. The quantitative estimate of drug-likeness (QED) is 0.130. The van der Waals surface area contributed by atoms with Crippen molar-refractivity contribution in [2.24, 2.45) is 5.92 Å². The number of alkyl halides is 2. The van der Waals surface area contributed by atoms with Gasteiger partial charge >= 0.3 is 0 Å². The lowest BCUT2D eigenvalue weighted by Gasteiger charge is -2.33. The number of hydrogen-bond acceptors (Lipinski definition) is 3. The maximum Gasteiger partial charge on any atom is 0.280 e. The van der Waals surface area contributed by atoms with Crippen LogP contribution in [0.3, 0.4) is 0 Å². The molecule has 1 aliphatic rings. The summed E-state index contributed by atoms with van der Waals surface area (Å²) in [6, 6.07) is 5.43. The Kier molecular flexibility index (Phi) is 13.8. The van der Waals surface area contributed by atoms with E-state index >= 15 is 13.2 Å². The fourth-order valence-electron chi connectivity index (χ4n) is 5.62. The number of nitrogens with zero attached hydrogens (tertiary/aromatic N) is 2. The van der Waals surface area contributed by atoms with Gasteiger partial charge in [-0.1, -0.05) is 84.1 Å². The van der Waals surface area contributed by atoms with E-state index < -0.39 is 23.4 Å². The zero-order valence-electron chi connectivity index (χ0n) is 24.3. The van der Waals surface area contributed by atoms with Crippen molar-refractivity contribution >= 4 is 0 Å². The molecule has 2 heterocycles. The molecule has 0 radical (unpaired) electrons. The first-order valence-electron chi connectivity index (χ1n) is 15.6. The van der Waals surface area contributed by atoms with Crippen molar-refractivity contribution in [1.29, 1.82) is 0 Å². The zero-order valence-corrected chi connectivity index (χ0v) is 24.3. The first kappa shape index (κ1) is 31.6. The molecular weight excluding hydrogens is 497 g/mol. The summed E-state index contributed by atoms with van der Waals surface area (Å²) in [5.74, 6) is -5.03. The highest BCUT2D eigenvalue weighted by Gasteiger charge is 2.47. The molecule has 0 saturated heterocycles. The number of aromatic nitrogens is 2. The molecule has 1 unspecified atom stereocenters. The monoisotopic (exact) mass is 546 g/mol. The normalized spacial score (nSPS) is 16.4. The first-order chi connectivity index (χ1) is 19.0. The predicted molar refractivity (Wildman–Crippen MR) is 154 cm³/mol. The van der Waals surface area contributed by atoms with Gasteiger partial charge in [-0.05, 0) is 68.2 Å². The minimum Gasteiger partial charge on any atom is -0.381 e. The Morgan fingerprint density at radius 3 is 2.23 bits per heavy atom.